The van der Waals surface area contributed by atoms with Gasteiger partial charge in [0.15, 0.2) is 5.65 Å². The van der Waals surface area contributed by atoms with Crippen LogP contribution in [-0.2, 0) is 0 Å². The fraction of sp³-hybridized carbons (Fsp3) is 0.500. The van der Waals surface area contributed by atoms with Crippen molar-refractivity contribution in [2.75, 3.05) is 6.54 Å². The van der Waals surface area contributed by atoms with Gasteiger partial charge < -0.3 is 5.73 Å². The molecule has 2 heterocycles. The normalized spacial score (nSPS) is 13.6. The van der Waals surface area contributed by atoms with Gasteiger partial charge in [0.05, 0.1) is 0 Å². The summed E-state index contributed by atoms with van der Waals surface area (Å²) < 4.78 is 1.90. The van der Waals surface area contributed by atoms with E-state index in [0.29, 0.717) is 12.5 Å². The van der Waals surface area contributed by atoms with Crippen molar-refractivity contribution in [2.45, 2.75) is 19.8 Å². The van der Waals surface area contributed by atoms with Gasteiger partial charge in [-0.25, -0.2) is 4.98 Å². The minimum absolute atomic E-state index is 0.226. The lowest BCUT2D eigenvalue weighted by molar-refractivity contribution is 0.479. The van der Waals surface area contributed by atoms with Crippen molar-refractivity contribution in [3.05, 3.63) is 24.4 Å². The summed E-state index contributed by atoms with van der Waals surface area (Å²) in [7, 11) is 0. The first-order valence-corrected chi connectivity index (χ1v) is 5.08. The quantitative estimate of drug-likeness (QED) is 0.805. The Labute approximate surface area is 88.3 Å². The van der Waals surface area contributed by atoms with Crippen molar-refractivity contribution in [3.8, 4) is 0 Å². The highest BCUT2D eigenvalue weighted by molar-refractivity contribution is 5.35. The molecule has 1 atom stereocenters. The first-order valence-electron chi connectivity index (χ1n) is 5.08. The van der Waals surface area contributed by atoms with E-state index >= 15 is 0 Å². The molecule has 0 saturated carbocycles. The zero-order valence-corrected chi connectivity index (χ0v) is 8.96. The molecule has 1 unspecified atom stereocenters. The summed E-state index contributed by atoms with van der Waals surface area (Å²) in [5.41, 5.74) is 6.57. The Balaban J connectivity index is 2.51. The number of fused-ring (bicyclic) bond motifs is 1. The van der Waals surface area contributed by atoms with Crippen molar-refractivity contribution in [3.63, 3.8) is 0 Å². The lowest BCUT2D eigenvalue weighted by Gasteiger charge is -2.16. The van der Waals surface area contributed by atoms with Gasteiger partial charge in [0.1, 0.15) is 12.2 Å². The van der Waals surface area contributed by atoms with E-state index in [4.69, 9.17) is 5.73 Å². The third kappa shape index (κ3) is 1.70. The van der Waals surface area contributed by atoms with Crippen LogP contribution in [0, 0.1) is 5.92 Å². The van der Waals surface area contributed by atoms with E-state index in [-0.39, 0.29) is 5.92 Å². The van der Waals surface area contributed by atoms with E-state index in [1.807, 2.05) is 10.5 Å². The van der Waals surface area contributed by atoms with Crippen LogP contribution in [0.25, 0.3) is 5.65 Å². The molecule has 0 aromatic carbocycles. The lowest BCUT2D eigenvalue weighted by atomic mass is 9.95. The van der Waals surface area contributed by atoms with Crippen molar-refractivity contribution in [2.24, 2.45) is 11.7 Å². The molecule has 0 bridgehead atoms. The average molecular weight is 205 g/mol. The van der Waals surface area contributed by atoms with Gasteiger partial charge in [0, 0.05) is 24.7 Å². The number of hydrogen-bond acceptors (Lipinski definition) is 4. The van der Waals surface area contributed by atoms with Gasteiger partial charge in [0.25, 0.3) is 0 Å². The number of nitrogens with two attached hydrogens (primary N) is 1. The molecule has 0 radical (unpaired) electrons. The van der Waals surface area contributed by atoms with E-state index in [9.17, 15) is 0 Å². The summed E-state index contributed by atoms with van der Waals surface area (Å²) >= 11 is 0. The third-order valence-corrected chi connectivity index (χ3v) is 2.63. The molecule has 0 spiro atoms. The average Bonchev–Trinajstić information content (AvgIpc) is 2.63. The molecule has 5 nitrogen and oxygen atoms in total. The zero-order chi connectivity index (χ0) is 10.8. The number of aromatic nitrogens is 4. The van der Waals surface area contributed by atoms with Gasteiger partial charge in [-0.05, 0) is 5.92 Å². The first-order chi connectivity index (χ1) is 7.24. The molecule has 2 rings (SSSR count). The van der Waals surface area contributed by atoms with Crippen LogP contribution in [0.1, 0.15) is 25.6 Å². The van der Waals surface area contributed by atoms with Gasteiger partial charge >= 0.3 is 0 Å². The van der Waals surface area contributed by atoms with Crippen LogP contribution >= 0.6 is 0 Å². The Bertz CT molecular complexity index is 448. The predicted molar refractivity (Wildman–Crippen MR) is 57.4 cm³/mol. The van der Waals surface area contributed by atoms with Gasteiger partial charge in [-0.15, -0.1) is 10.2 Å². The molecule has 2 aromatic rings. The summed E-state index contributed by atoms with van der Waals surface area (Å²) in [4.78, 5) is 4.06. The van der Waals surface area contributed by atoms with Crippen LogP contribution in [0.3, 0.4) is 0 Å². The van der Waals surface area contributed by atoms with E-state index in [1.54, 1.807) is 12.5 Å². The molecule has 0 aliphatic carbocycles. The van der Waals surface area contributed by atoms with Crippen LogP contribution in [0.15, 0.2) is 18.6 Å². The molecule has 0 amide bonds. The van der Waals surface area contributed by atoms with Crippen LogP contribution in [0.2, 0.25) is 0 Å². The highest BCUT2D eigenvalue weighted by Gasteiger charge is 2.19. The molecule has 0 aliphatic heterocycles. The maximum atomic E-state index is 5.75. The standard InChI is InChI=1S/C10H15N5/c1-7(2)8(5-11)10-14-13-9-3-4-12-6-15(9)10/h3-4,6-8H,5,11H2,1-2H3. The highest BCUT2D eigenvalue weighted by Crippen LogP contribution is 2.21. The Morgan fingerprint density at radius 2 is 2.20 bits per heavy atom. The molecular formula is C10H15N5. The SMILES string of the molecule is CC(C)C(CN)c1nnc2ccncn12. The first kappa shape index (κ1) is 10.0. The van der Waals surface area contributed by atoms with Crippen molar-refractivity contribution in [1.29, 1.82) is 0 Å². The summed E-state index contributed by atoms with van der Waals surface area (Å²) in [5.74, 6) is 1.57. The third-order valence-electron chi connectivity index (χ3n) is 2.63. The summed E-state index contributed by atoms with van der Waals surface area (Å²) in [6.07, 6.45) is 3.44. The smallest absolute Gasteiger partial charge is 0.163 e. The fourth-order valence-corrected chi connectivity index (χ4v) is 1.69. The maximum Gasteiger partial charge on any atom is 0.163 e. The predicted octanol–water partition coefficient (Wildman–Crippen LogP) is 0.823. The largest absolute Gasteiger partial charge is 0.330 e. The highest BCUT2D eigenvalue weighted by atomic mass is 15.3. The summed E-state index contributed by atoms with van der Waals surface area (Å²) in [5, 5.41) is 8.27. The van der Waals surface area contributed by atoms with Crippen LogP contribution in [0.4, 0.5) is 0 Å². The summed E-state index contributed by atoms with van der Waals surface area (Å²) in [6, 6.07) is 1.84. The molecule has 2 N–H and O–H groups in total. The molecule has 0 aliphatic rings. The Hall–Kier alpha value is -1.49. The van der Waals surface area contributed by atoms with Gasteiger partial charge in [-0.1, -0.05) is 13.8 Å². The van der Waals surface area contributed by atoms with Crippen LogP contribution in [-0.4, -0.2) is 26.1 Å². The van der Waals surface area contributed by atoms with Crippen molar-refractivity contribution < 1.29 is 0 Å². The Morgan fingerprint density at radius 1 is 1.40 bits per heavy atom. The number of rotatable bonds is 3. The van der Waals surface area contributed by atoms with Crippen LogP contribution in [0.5, 0.6) is 0 Å². The van der Waals surface area contributed by atoms with Gasteiger partial charge in [-0.3, -0.25) is 4.40 Å². The Kier molecular flexibility index (Phi) is 2.64. The molecule has 5 heteroatoms. The zero-order valence-electron chi connectivity index (χ0n) is 8.96. The Morgan fingerprint density at radius 3 is 2.87 bits per heavy atom. The molecular weight excluding hydrogens is 190 g/mol. The monoisotopic (exact) mass is 205 g/mol. The number of nitrogens with zero attached hydrogens (tertiary/aromatic N) is 4. The molecule has 80 valence electrons. The van der Waals surface area contributed by atoms with E-state index in [1.165, 1.54) is 0 Å². The maximum absolute atomic E-state index is 5.75. The second-order valence-corrected chi connectivity index (χ2v) is 3.95. The van der Waals surface area contributed by atoms with Crippen molar-refractivity contribution in [1.82, 2.24) is 19.6 Å². The second-order valence-electron chi connectivity index (χ2n) is 3.95. The number of hydrogen-bond donors (Lipinski definition) is 1. The molecule has 15 heavy (non-hydrogen) atoms. The minimum Gasteiger partial charge on any atom is -0.330 e. The molecule has 2 aromatic heterocycles. The minimum atomic E-state index is 0.226. The lowest BCUT2D eigenvalue weighted by Crippen LogP contribution is -2.20. The van der Waals surface area contributed by atoms with E-state index < -0.39 is 0 Å². The molecule has 0 fully saturated rings. The topological polar surface area (TPSA) is 69.1 Å². The van der Waals surface area contributed by atoms with E-state index in [2.05, 4.69) is 29.0 Å². The fourth-order valence-electron chi connectivity index (χ4n) is 1.69. The van der Waals surface area contributed by atoms with Crippen LogP contribution < -0.4 is 5.73 Å². The summed E-state index contributed by atoms with van der Waals surface area (Å²) in [6.45, 7) is 4.84. The van der Waals surface area contributed by atoms with E-state index in [0.717, 1.165) is 11.5 Å². The van der Waals surface area contributed by atoms with Gasteiger partial charge in [0.2, 0.25) is 0 Å². The second kappa shape index (κ2) is 3.94. The van der Waals surface area contributed by atoms with Gasteiger partial charge in [-0.2, -0.15) is 0 Å². The van der Waals surface area contributed by atoms with Crippen molar-refractivity contribution >= 4 is 5.65 Å². The molecule has 0 saturated heterocycles.